The van der Waals surface area contributed by atoms with Gasteiger partial charge in [0.1, 0.15) is 5.60 Å². The summed E-state index contributed by atoms with van der Waals surface area (Å²) in [4.78, 5) is 16.5. The van der Waals surface area contributed by atoms with Gasteiger partial charge in [-0.15, -0.1) is 0 Å². The Morgan fingerprint density at radius 3 is 1.58 bits per heavy atom. The van der Waals surface area contributed by atoms with Gasteiger partial charge >= 0.3 is 0 Å². The summed E-state index contributed by atoms with van der Waals surface area (Å²) in [6.45, 7) is 0. The Morgan fingerprint density at radius 2 is 1.04 bits per heavy atom. The molecule has 0 bridgehead atoms. The highest BCUT2D eigenvalue weighted by Gasteiger charge is 2.36. The van der Waals surface area contributed by atoms with Crippen molar-refractivity contribution in [3.8, 4) is 11.1 Å². The molecular formula is C21H16N4O. The molecule has 4 aromatic heterocycles. The Balaban J connectivity index is 2.01. The highest BCUT2D eigenvalue weighted by molar-refractivity contribution is 5.69. The van der Waals surface area contributed by atoms with Gasteiger partial charge in [-0.2, -0.15) is 0 Å². The van der Waals surface area contributed by atoms with E-state index in [-0.39, 0.29) is 0 Å². The van der Waals surface area contributed by atoms with Gasteiger partial charge in [-0.05, 0) is 59.2 Å². The largest absolute Gasteiger partial charge is 0.376 e. The number of aliphatic hydroxyl groups is 1. The van der Waals surface area contributed by atoms with E-state index in [9.17, 15) is 5.11 Å². The van der Waals surface area contributed by atoms with Gasteiger partial charge in [0.25, 0.3) is 0 Å². The summed E-state index contributed by atoms with van der Waals surface area (Å²) >= 11 is 0. The molecule has 0 aliphatic heterocycles. The number of pyridine rings is 4. The molecule has 5 heteroatoms. The van der Waals surface area contributed by atoms with E-state index >= 15 is 0 Å². The van der Waals surface area contributed by atoms with Crippen LogP contribution < -0.4 is 0 Å². The van der Waals surface area contributed by atoms with Crippen LogP contribution in [0.2, 0.25) is 0 Å². The summed E-state index contributed by atoms with van der Waals surface area (Å²) in [5.74, 6) is 0. The third-order valence-corrected chi connectivity index (χ3v) is 4.40. The van der Waals surface area contributed by atoms with Crippen molar-refractivity contribution >= 4 is 0 Å². The number of hydrogen-bond acceptors (Lipinski definition) is 5. The minimum Gasteiger partial charge on any atom is -0.376 e. The molecule has 0 amide bonds. The summed E-state index contributed by atoms with van der Waals surface area (Å²) in [7, 11) is 0. The summed E-state index contributed by atoms with van der Waals surface area (Å²) in [5.41, 5.74) is 2.58. The summed E-state index contributed by atoms with van der Waals surface area (Å²) < 4.78 is 0. The number of rotatable bonds is 4. The zero-order chi connectivity index (χ0) is 17.8. The zero-order valence-corrected chi connectivity index (χ0v) is 13.9. The minimum atomic E-state index is -1.37. The topological polar surface area (TPSA) is 71.8 Å². The van der Waals surface area contributed by atoms with Gasteiger partial charge in [0, 0.05) is 60.7 Å². The molecular weight excluding hydrogens is 324 g/mol. The van der Waals surface area contributed by atoms with E-state index in [1.807, 2.05) is 42.5 Å². The molecule has 0 spiro atoms. The van der Waals surface area contributed by atoms with Crippen LogP contribution in [0.15, 0.2) is 92.0 Å². The Bertz CT molecular complexity index is 952. The Labute approximate surface area is 151 Å². The van der Waals surface area contributed by atoms with E-state index in [1.165, 1.54) is 0 Å². The molecule has 126 valence electrons. The maximum absolute atomic E-state index is 12.0. The number of nitrogens with zero attached hydrogens (tertiary/aromatic N) is 4. The molecule has 1 N–H and O–H groups in total. The van der Waals surface area contributed by atoms with Gasteiger partial charge in [0.05, 0.1) is 0 Å². The van der Waals surface area contributed by atoms with Crippen LogP contribution in [0.4, 0.5) is 0 Å². The molecule has 0 aromatic carbocycles. The monoisotopic (exact) mass is 340 g/mol. The smallest absolute Gasteiger partial charge is 0.141 e. The SMILES string of the molecule is OC(c1ccncc1)(c1ccncc1)c1ccncc1-c1ccncc1. The van der Waals surface area contributed by atoms with Crippen molar-refractivity contribution in [1.29, 1.82) is 0 Å². The average Bonchev–Trinajstić information content (AvgIpc) is 2.75. The Morgan fingerprint density at radius 1 is 0.577 bits per heavy atom. The van der Waals surface area contributed by atoms with Crippen LogP contribution in [0.5, 0.6) is 0 Å². The zero-order valence-electron chi connectivity index (χ0n) is 13.9. The lowest BCUT2D eigenvalue weighted by atomic mass is 9.78. The van der Waals surface area contributed by atoms with Gasteiger partial charge in [-0.1, -0.05) is 0 Å². The standard InChI is InChI=1S/C21H16N4O/c26-21(17-3-10-23-11-4-17,18-5-12-24-13-6-18)20-7-14-25-15-19(20)16-1-8-22-9-2-16/h1-15,26H. The number of hydrogen-bond donors (Lipinski definition) is 1. The van der Waals surface area contributed by atoms with Gasteiger partial charge in [0.2, 0.25) is 0 Å². The fourth-order valence-electron chi connectivity index (χ4n) is 3.14. The first-order valence-corrected chi connectivity index (χ1v) is 8.18. The maximum Gasteiger partial charge on any atom is 0.141 e. The van der Waals surface area contributed by atoms with Crippen molar-refractivity contribution in [2.24, 2.45) is 0 Å². The van der Waals surface area contributed by atoms with Crippen LogP contribution in [-0.4, -0.2) is 25.0 Å². The lowest BCUT2D eigenvalue weighted by molar-refractivity contribution is 0.126. The van der Waals surface area contributed by atoms with Crippen molar-refractivity contribution in [2.45, 2.75) is 5.60 Å². The summed E-state index contributed by atoms with van der Waals surface area (Å²) in [5, 5.41) is 12.0. The van der Waals surface area contributed by atoms with Gasteiger partial charge < -0.3 is 5.11 Å². The molecule has 0 fully saturated rings. The van der Waals surface area contributed by atoms with E-state index in [4.69, 9.17) is 0 Å². The summed E-state index contributed by atoms with van der Waals surface area (Å²) in [6, 6.07) is 12.9. The van der Waals surface area contributed by atoms with Gasteiger partial charge in [0.15, 0.2) is 0 Å². The minimum absolute atomic E-state index is 0.722. The average molecular weight is 340 g/mol. The van der Waals surface area contributed by atoms with Crippen molar-refractivity contribution < 1.29 is 5.11 Å². The second-order valence-electron chi connectivity index (χ2n) is 5.84. The molecule has 0 radical (unpaired) electrons. The first kappa shape index (κ1) is 16.1. The molecule has 26 heavy (non-hydrogen) atoms. The van der Waals surface area contributed by atoms with Crippen molar-refractivity contribution in [3.63, 3.8) is 0 Å². The second kappa shape index (κ2) is 6.82. The van der Waals surface area contributed by atoms with Crippen LogP contribution in [0.1, 0.15) is 16.7 Å². The van der Waals surface area contributed by atoms with Crippen LogP contribution >= 0.6 is 0 Å². The third kappa shape index (κ3) is 2.74. The molecule has 0 saturated heterocycles. The quantitative estimate of drug-likeness (QED) is 0.617. The molecule has 0 saturated carbocycles. The first-order chi connectivity index (χ1) is 12.8. The van der Waals surface area contributed by atoms with Crippen LogP contribution in [0.3, 0.4) is 0 Å². The highest BCUT2D eigenvalue weighted by Crippen LogP contribution is 2.40. The second-order valence-corrected chi connectivity index (χ2v) is 5.84. The first-order valence-electron chi connectivity index (χ1n) is 8.18. The fraction of sp³-hybridized carbons (Fsp3) is 0.0476. The van der Waals surface area contributed by atoms with Crippen LogP contribution in [0, 0.1) is 0 Å². The van der Waals surface area contributed by atoms with E-state index in [0.717, 1.165) is 27.8 Å². The molecule has 0 aliphatic rings. The van der Waals surface area contributed by atoms with E-state index in [1.54, 1.807) is 49.6 Å². The lowest BCUT2D eigenvalue weighted by Gasteiger charge is -2.31. The van der Waals surface area contributed by atoms with Gasteiger partial charge in [-0.25, -0.2) is 0 Å². The molecule has 4 aromatic rings. The van der Waals surface area contributed by atoms with Crippen molar-refractivity contribution in [3.05, 3.63) is 109 Å². The molecule has 4 rings (SSSR count). The fourth-order valence-corrected chi connectivity index (χ4v) is 3.14. The van der Waals surface area contributed by atoms with E-state index in [2.05, 4.69) is 19.9 Å². The van der Waals surface area contributed by atoms with Crippen LogP contribution in [-0.2, 0) is 5.60 Å². The van der Waals surface area contributed by atoms with E-state index in [0.29, 0.717) is 0 Å². The lowest BCUT2D eigenvalue weighted by Crippen LogP contribution is -2.29. The number of aromatic nitrogens is 4. The van der Waals surface area contributed by atoms with Crippen molar-refractivity contribution in [2.75, 3.05) is 0 Å². The molecule has 5 nitrogen and oxygen atoms in total. The van der Waals surface area contributed by atoms with Gasteiger partial charge in [-0.3, -0.25) is 19.9 Å². The maximum atomic E-state index is 12.0. The van der Waals surface area contributed by atoms with Crippen LogP contribution in [0.25, 0.3) is 11.1 Å². The third-order valence-electron chi connectivity index (χ3n) is 4.40. The molecule has 0 unspecified atom stereocenters. The predicted molar refractivity (Wildman–Crippen MR) is 98.0 cm³/mol. The van der Waals surface area contributed by atoms with Crippen molar-refractivity contribution in [1.82, 2.24) is 19.9 Å². The predicted octanol–water partition coefficient (Wildman–Crippen LogP) is 3.22. The van der Waals surface area contributed by atoms with E-state index < -0.39 is 5.60 Å². The molecule has 4 heterocycles. The molecule has 0 aliphatic carbocycles. The summed E-state index contributed by atoms with van der Waals surface area (Å²) in [6.07, 6.45) is 13.6. The normalized spacial score (nSPS) is 11.3. The molecule has 0 atom stereocenters. The Hall–Kier alpha value is -3.44. The Kier molecular flexibility index (Phi) is 4.21. The highest BCUT2D eigenvalue weighted by atomic mass is 16.3.